The molecule has 0 bridgehead atoms. The lowest BCUT2D eigenvalue weighted by molar-refractivity contribution is 0.898. The minimum Gasteiger partial charge on any atom is -0.398 e. The summed E-state index contributed by atoms with van der Waals surface area (Å²) in [5.74, 6) is 0.768. The standard InChI is InChI=1S/C10H8ClN5S/c1-5-13-14-10-16(5)15-9(17-10)6-2-3-8(12)7(11)4-6/h2-4H,12H2,1H3. The predicted molar refractivity (Wildman–Crippen MR) is 68.3 cm³/mol. The largest absolute Gasteiger partial charge is 0.398 e. The number of nitrogens with two attached hydrogens (primary N) is 1. The Morgan fingerprint density at radius 3 is 2.88 bits per heavy atom. The van der Waals surface area contributed by atoms with Crippen molar-refractivity contribution in [1.82, 2.24) is 19.8 Å². The van der Waals surface area contributed by atoms with E-state index >= 15 is 0 Å². The smallest absolute Gasteiger partial charge is 0.234 e. The van der Waals surface area contributed by atoms with Crippen molar-refractivity contribution >= 4 is 33.6 Å². The van der Waals surface area contributed by atoms with Gasteiger partial charge in [0.15, 0.2) is 5.82 Å². The van der Waals surface area contributed by atoms with E-state index in [0.29, 0.717) is 10.7 Å². The molecule has 0 radical (unpaired) electrons. The van der Waals surface area contributed by atoms with Crippen LogP contribution in [0.2, 0.25) is 5.02 Å². The maximum Gasteiger partial charge on any atom is 0.234 e. The molecule has 0 saturated heterocycles. The number of nitrogen functional groups attached to an aromatic ring is 1. The number of aromatic nitrogens is 4. The number of fused-ring (bicyclic) bond motifs is 1. The summed E-state index contributed by atoms with van der Waals surface area (Å²) in [5.41, 5.74) is 7.16. The molecule has 2 aromatic heterocycles. The highest BCUT2D eigenvalue weighted by atomic mass is 35.5. The maximum absolute atomic E-state index is 5.98. The third-order valence-corrected chi connectivity index (χ3v) is 3.67. The lowest BCUT2D eigenvalue weighted by atomic mass is 10.2. The van der Waals surface area contributed by atoms with Crippen LogP contribution in [-0.4, -0.2) is 19.8 Å². The van der Waals surface area contributed by atoms with E-state index in [0.717, 1.165) is 21.4 Å². The van der Waals surface area contributed by atoms with Gasteiger partial charge in [-0.05, 0) is 25.1 Å². The summed E-state index contributed by atoms with van der Waals surface area (Å²) in [6.07, 6.45) is 0. The molecule has 0 aliphatic rings. The Kier molecular flexibility index (Phi) is 2.27. The number of aryl methyl sites for hydroxylation is 1. The van der Waals surface area contributed by atoms with Gasteiger partial charge in [-0.3, -0.25) is 0 Å². The lowest BCUT2D eigenvalue weighted by Gasteiger charge is -1.99. The van der Waals surface area contributed by atoms with Crippen LogP contribution in [-0.2, 0) is 0 Å². The Morgan fingerprint density at radius 2 is 2.18 bits per heavy atom. The Bertz CT molecular complexity index is 702. The molecular weight excluding hydrogens is 258 g/mol. The highest BCUT2D eigenvalue weighted by Crippen LogP contribution is 2.29. The molecule has 7 heteroatoms. The van der Waals surface area contributed by atoms with E-state index in [2.05, 4.69) is 15.3 Å². The fraction of sp³-hybridized carbons (Fsp3) is 0.100. The average molecular weight is 266 g/mol. The molecule has 2 N–H and O–H groups in total. The first-order valence-electron chi connectivity index (χ1n) is 4.89. The second-order valence-electron chi connectivity index (χ2n) is 3.59. The molecule has 0 aliphatic heterocycles. The van der Waals surface area contributed by atoms with Crippen LogP contribution in [0.3, 0.4) is 0 Å². The van der Waals surface area contributed by atoms with Crippen LogP contribution in [0.25, 0.3) is 15.5 Å². The van der Waals surface area contributed by atoms with Crippen LogP contribution < -0.4 is 5.73 Å². The summed E-state index contributed by atoms with van der Waals surface area (Å²) < 4.78 is 1.71. The molecule has 3 rings (SSSR count). The molecule has 0 unspecified atom stereocenters. The topological polar surface area (TPSA) is 69.1 Å². The van der Waals surface area contributed by atoms with Crippen molar-refractivity contribution in [2.24, 2.45) is 0 Å². The summed E-state index contributed by atoms with van der Waals surface area (Å²) in [6.45, 7) is 1.86. The number of nitrogens with zero attached hydrogens (tertiary/aromatic N) is 4. The summed E-state index contributed by atoms with van der Waals surface area (Å²) in [4.78, 5) is 0.769. The molecule has 0 amide bonds. The SMILES string of the molecule is Cc1nnc2sc(-c3ccc(N)c(Cl)c3)nn12. The van der Waals surface area contributed by atoms with Crippen molar-refractivity contribution < 1.29 is 0 Å². The summed E-state index contributed by atoms with van der Waals surface area (Å²) in [5, 5.41) is 13.8. The van der Waals surface area contributed by atoms with E-state index in [-0.39, 0.29) is 0 Å². The third-order valence-electron chi connectivity index (χ3n) is 2.39. The molecular formula is C10H8ClN5S. The van der Waals surface area contributed by atoms with Crippen LogP contribution in [0.5, 0.6) is 0 Å². The second-order valence-corrected chi connectivity index (χ2v) is 4.95. The van der Waals surface area contributed by atoms with Gasteiger partial charge in [0.05, 0.1) is 10.7 Å². The zero-order valence-electron chi connectivity index (χ0n) is 8.88. The van der Waals surface area contributed by atoms with Gasteiger partial charge in [0.1, 0.15) is 5.01 Å². The fourth-order valence-corrected chi connectivity index (χ4v) is 2.55. The van der Waals surface area contributed by atoms with Crippen LogP contribution >= 0.6 is 22.9 Å². The highest BCUT2D eigenvalue weighted by molar-refractivity contribution is 7.19. The molecule has 86 valence electrons. The van der Waals surface area contributed by atoms with Gasteiger partial charge in [-0.25, -0.2) is 0 Å². The van der Waals surface area contributed by atoms with E-state index in [1.54, 1.807) is 16.6 Å². The molecule has 0 aliphatic carbocycles. The molecule has 2 heterocycles. The molecule has 5 nitrogen and oxygen atoms in total. The first kappa shape index (κ1) is 10.5. The first-order chi connectivity index (χ1) is 8.15. The Labute approximate surface area is 106 Å². The number of halogens is 1. The van der Waals surface area contributed by atoms with Crippen LogP contribution in [0.15, 0.2) is 18.2 Å². The van der Waals surface area contributed by atoms with E-state index in [4.69, 9.17) is 17.3 Å². The van der Waals surface area contributed by atoms with Crippen molar-refractivity contribution in [2.45, 2.75) is 6.92 Å². The zero-order valence-corrected chi connectivity index (χ0v) is 10.5. The van der Waals surface area contributed by atoms with Gasteiger partial charge in [0.2, 0.25) is 4.96 Å². The fourth-order valence-electron chi connectivity index (χ4n) is 1.49. The Morgan fingerprint density at radius 1 is 1.35 bits per heavy atom. The molecule has 17 heavy (non-hydrogen) atoms. The molecule has 0 saturated carbocycles. The van der Waals surface area contributed by atoms with Gasteiger partial charge in [-0.1, -0.05) is 22.9 Å². The Hall–Kier alpha value is -1.66. The van der Waals surface area contributed by atoms with Crippen molar-refractivity contribution in [1.29, 1.82) is 0 Å². The molecule has 0 spiro atoms. The Balaban J connectivity index is 2.16. The summed E-state index contributed by atoms with van der Waals surface area (Å²) in [6, 6.07) is 5.47. The van der Waals surface area contributed by atoms with Crippen LogP contribution in [0.4, 0.5) is 5.69 Å². The normalized spacial score (nSPS) is 11.2. The van der Waals surface area contributed by atoms with E-state index in [1.807, 2.05) is 13.0 Å². The summed E-state index contributed by atoms with van der Waals surface area (Å²) >= 11 is 7.45. The van der Waals surface area contributed by atoms with Gasteiger partial charge in [-0.2, -0.15) is 9.61 Å². The molecule has 3 aromatic rings. The minimum absolute atomic E-state index is 0.533. The van der Waals surface area contributed by atoms with Gasteiger partial charge in [0.25, 0.3) is 0 Å². The van der Waals surface area contributed by atoms with Crippen molar-refractivity contribution in [3.05, 3.63) is 29.0 Å². The van der Waals surface area contributed by atoms with E-state index < -0.39 is 0 Å². The molecule has 1 aromatic carbocycles. The molecule has 0 fully saturated rings. The van der Waals surface area contributed by atoms with E-state index in [1.165, 1.54) is 11.3 Å². The van der Waals surface area contributed by atoms with Crippen LogP contribution in [0.1, 0.15) is 5.82 Å². The monoisotopic (exact) mass is 265 g/mol. The lowest BCUT2D eigenvalue weighted by Crippen LogP contribution is -1.89. The number of hydrogen-bond donors (Lipinski definition) is 1. The highest BCUT2D eigenvalue weighted by Gasteiger charge is 2.11. The zero-order chi connectivity index (χ0) is 12.0. The van der Waals surface area contributed by atoms with Gasteiger partial charge < -0.3 is 5.73 Å². The van der Waals surface area contributed by atoms with Gasteiger partial charge >= 0.3 is 0 Å². The average Bonchev–Trinajstić information content (AvgIpc) is 2.86. The van der Waals surface area contributed by atoms with Crippen LogP contribution in [0, 0.1) is 6.92 Å². The number of benzene rings is 1. The van der Waals surface area contributed by atoms with Crippen molar-refractivity contribution in [3.8, 4) is 10.6 Å². The van der Waals surface area contributed by atoms with Crippen molar-refractivity contribution in [3.63, 3.8) is 0 Å². The predicted octanol–water partition coefficient (Wildman–Crippen LogP) is 2.40. The number of anilines is 1. The second kappa shape index (κ2) is 3.68. The quantitative estimate of drug-likeness (QED) is 0.686. The van der Waals surface area contributed by atoms with Crippen molar-refractivity contribution in [2.75, 3.05) is 5.73 Å². The summed E-state index contributed by atoms with van der Waals surface area (Å²) in [7, 11) is 0. The molecule has 0 atom stereocenters. The van der Waals surface area contributed by atoms with Gasteiger partial charge in [-0.15, -0.1) is 10.2 Å². The first-order valence-corrected chi connectivity index (χ1v) is 6.09. The number of hydrogen-bond acceptors (Lipinski definition) is 5. The van der Waals surface area contributed by atoms with Gasteiger partial charge in [0, 0.05) is 5.56 Å². The van der Waals surface area contributed by atoms with E-state index in [9.17, 15) is 0 Å². The third kappa shape index (κ3) is 1.65. The number of rotatable bonds is 1. The maximum atomic E-state index is 5.98. The minimum atomic E-state index is 0.533.